The molecule has 0 radical (unpaired) electrons. The first-order valence-corrected chi connectivity index (χ1v) is 7.27. The normalized spacial score (nSPS) is 10.8. The fraction of sp³-hybridized carbons (Fsp3) is 0.467. The van der Waals surface area contributed by atoms with Crippen molar-refractivity contribution in [3.8, 4) is 11.5 Å². The van der Waals surface area contributed by atoms with Gasteiger partial charge in [-0.15, -0.1) is 0 Å². The number of aryl methyl sites for hydroxylation is 1. The second-order valence-electron chi connectivity index (χ2n) is 4.96. The van der Waals surface area contributed by atoms with E-state index in [1.807, 2.05) is 26.0 Å². The van der Waals surface area contributed by atoms with Crippen LogP contribution in [-0.4, -0.2) is 29.2 Å². The van der Waals surface area contributed by atoms with E-state index in [1.165, 1.54) is 0 Å². The summed E-state index contributed by atoms with van der Waals surface area (Å²) in [7, 11) is 0. The molecule has 2 heterocycles. The van der Waals surface area contributed by atoms with Crippen LogP contribution in [0.25, 0.3) is 11.5 Å². The van der Waals surface area contributed by atoms with E-state index < -0.39 is 0 Å². The van der Waals surface area contributed by atoms with Crippen LogP contribution >= 0.6 is 0 Å². The van der Waals surface area contributed by atoms with Gasteiger partial charge in [0.15, 0.2) is 5.76 Å². The molecule has 6 heteroatoms. The molecule has 1 amide bonds. The lowest BCUT2D eigenvalue weighted by Crippen LogP contribution is -2.28. The van der Waals surface area contributed by atoms with Crippen molar-refractivity contribution in [3.05, 3.63) is 29.7 Å². The third-order valence-corrected chi connectivity index (χ3v) is 3.12. The number of nitrogens with one attached hydrogen (secondary N) is 3. The maximum Gasteiger partial charge on any atom is 0.221 e. The van der Waals surface area contributed by atoms with Gasteiger partial charge < -0.3 is 15.1 Å². The molecule has 2 aromatic rings. The standard InChI is InChI=1S/C15H22N4O2/c1-3-7-17-14(20)6-8-16-9-12-10-18-19-15(12)13-5-4-11(2)21-13/h4-5,10,16H,3,6-9H2,1-2H3,(H,17,20)(H,18,19). The minimum Gasteiger partial charge on any atom is -0.460 e. The van der Waals surface area contributed by atoms with Crippen molar-refractivity contribution < 1.29 is 9.21 Å². The summed E-state index contributed by atoms with van der Waals surface area (Å²) in [6.45, 7) is 5.97. The fourth-order valence-electron chi connectivity index (χ4n) is 2.01. The van der Waals surface area contributed by atoms with Gasteiger partial charge in [-0.1, -0.05) is 6.92 Å². The number of hydrogen-bond donors (Lipinski definition) is 3. The number of hydrogen-bond acceptors (Lipinski definition) is 4. The second-order valence-corrected chi connectivity index (χ2v) is 4.96. The highest BCUT2D eigenvalue weighted by Crippen LogP contribution is 2.23. The maximum atomic E-state index is 11.5. The molecule has 0 aliphatic heterocycles. The van der Waals surface area contributed by atoms with Crippen LogP contribution in [-0.2, 0) is 11.3 Å². The van der Waals surface area contributed by atoms with E-state index in [1.54, 1.807) is 6.20 Å². The van der Waals surface area contributed by atoms with Gasteiger partial charge in [0.2, 0.25) is 5.91 Å². The third kappa shape index (κ3) is 4.46. The molecule has 2 rings (SSSR count). The molecule has 0 aliphatic carbocycles. The number of rotatable bonds is 8. The van der Waals surface area contributed by atoms with Crippen molar-refractivity contribution in [2.75, 3.05) is 13.1 Å². The number of carbonyl (C=O) groups is 1. The van der Waals surface area contributed by atoms with Crippen molar-refractivity contribution in [3.63, 3.8) is 0 Å². The number of aromatic amines is 1. The summed E-state index contributed by atoms with van der Waals surface area (Å²) in [4.78, 5) is 11.5. The summed E-state index contributed by atoms with van der Waals surface area (Å²) in [6, 6.07) is 3.84. The predicted molar refractivity (Wildman–Crippen MR) is 80.7 cm³/mol. The Balaban J connectivity index is 1.79. The van der Waals surface area contributed by atoms with Gasteiger partial charge >= 0.3 is 0 Å². The Morgan fingerprint density at radius 2 is 2.24 bits per heavy atom. The summed E-state index contributed by atoms with van der Waals surface area (Å²) < 4.78 is 5.59. The van der Waals surface area contributed by atoms with Gasteiger partial charge in [-0.05, 0) is 25.5 Å². The Hall–Kier alpha value is -2.08. The molecule has 0 spiro atoms. The molecular weight excluding hydrogens is 268 g/mol. The first kappa shape index (κ1) is 15.3. The van der Waals surface area contributed by atoms with E-state index in [0.717, 1.165) is 35.7 Å². The second kappa shape index (κ2) is 7.64. The summed E-state index contributed by atoms with van der Waals surface area (Å²) in [5.74, 6) is 1.73. The number of carbonyl (C=O) groups excluding carboxylic acids is 1. The number of furan rings is 1. The zero-order valence-corrected chi connectivity index (χ0v) is 12.5. The van der Waals surface area contributed by atoms with Gasteiger partial charge in [0, 0.05) is 31.6 Å². The van der Waals surface area contributed by atoms with Gasteiger partial charge in [0.1, 0.15) is 11.5 Å². The van der Waals surface area contributed by atoms with Gasteiger partial charge in [-0.3, -0.25) is 9.89 Å². The van der Waals surface area contributed by atoms with E-state index in [0.29, 0.717) is 19.5 Å². The smallest absolute Gasteiger partial charge is 0.221 e. The molecule has 6 nitrogen and oxygen atoms in total. The fourth-order valence-corrected chi connectivity index (χ4v) is 2.01. The van der Waals surface area contributed by atoms with E-state index >= 15 is 0 Å². The van der Waals surface area contributed by atoms with Gasteiger partial charge in [-0.25, -0.2) is 0 Å². The van der Waals surface area contributed by atoms with Crippen molar-refractivity contribution in [2.45, 2.75) is 33.2 Å². The molecule has 0 unspecified atom stereocenters. The summed E-state index contributed by atoms with van der Waals surface area (Å²) in [5, 5.41) is 13.1. The molecule has 21 heavy (non-hydrogen) atoms. The number of aromatic nitrogens is 2. The summed E-state index contributed by atoms with van der Waals surface area (Å²) >= 11 is 0. The average Bonchev–Trinajstić information content (AvgIpc) is 3.09. The highest BCUT2D eigenvalue weighted by atomic mass is 16.3. The van der Waals surface area contributed by atoms with Crippen LogP contribution in [0.3, 0.4) is 0 Å². The first-order valence-electron chi connectivity index (χ1n) is 7.27. The van der Waals surface area contributed by atoms with Crippen LogP contribution in [0.15, 0.2) is 22.7 Å². The quantitative estimate of drug-likeness (QED) is 0.649. The average molecular weight is 290 g/mol. The molecule has 0 aliphatic rings. The predicted octanol–water partition coefficient (Wildman–Crippen LogP) is 1.98. The molecular formula is C15H22N4O2. The summed E-state index contributed by atoms with van der Waals surface area (Å²) in [6.07, 6.45) is 3.21. The molecule has 0 bridgehead atoms. The largest absolute Gasteiger partial charge is 0.460 e. The molecule has 3 N–H and O–H groups in total. The third-order valence-electron chi connectivity index (χ3n) is 3.12. The van der Waals surface area contributed by atoms with E-state index in [-0.39, 0.29) is 5.91 Å². The topological polar surface area (TPSA) is 83.0 Å². The van der Waals surface area contributed by atoms with Gasteiger partial charge in [0.05, 0.1) is 6.20 Å². The van der Waals surface area contributed by atoms with E-state index in [2.05, 4.69) is 20.8 Å². The van der Waals surface area contributed by atoms with Crippen molar-refractivity contribution >= 4 is 5.91 Å². The number of nitrogens with zero attached hydrogens (tertiary/aromatic N) is 1. The molecule has 0 saturated carbocycles. The first-order chi connectivity index (χ1) is 10.2. The Kier molecular flexibility index (Phi) is 5.57. The van der Waals surface area contributed by atoms with Crippen LogP contribution in [0.5, 0.6) is 0 Å². The van der Waals surface area contributed by atoms with Gasteiger partial charge in [-0.2, -0.15) is 5.10 Å². The minimum absolute atomic E-state index is 0.0819. The van der Waals surface area contributed by atoms with Crippen LogP contribution < -0.4 is 10.6 Å². The van der Waals surface area contributed by atoms with Crippen LogP contribution in [0.4, 0.5) is 0 Å². The van der Waals surface area contributed by atoms with Gasteiger partial charge in [0.25, 0.3) is 0 Å². The minimum atomic E-state index is 0.0819. The molecule has 0 atom stereocenters. The molecule has 2 aromatic heterocycles. The van der Waals surface area contributed by atoms with Crippen molar-refractivity contribution in [1.29, 1.82) is 0 Å². The van der Waals surface area contributed by atoms with E-state index in [4.69, 9.17) is 4.42 Å². The van der Waals surface area contributed by atoms with Crippen LogP contribution in [0.2, 0.25) is 0 Å². The Morgan fingerprint density at radius 1 is 1.38 bits per heavy atom. The molecule has 0 aromatic carbocycles. The Bertz CT molecular complexity index is 574. The Morgan fingerprint density at radius 3 is 2.95 bits per heavy atom. The molecule has 0 saturated heterocycles. The lowest BCUT2D eigenvalue weighted by molar-refractivity contribution is -0.120. The van der Waals surface area contributed by atoms with Crippen LogP contribution in [0, 0.1) is 6.92 Å². The SMILES string of the molecule is CCCNC(=O)CCNCc1cn[nH]c1-c1ccc(C)o1. The summed E-state index contributed by atoms with van der Waals surface area (Å²) in [5.41, 5.74) is 1.91. The van der Waals surface area contributed by atoms with Crippen molar-refractivity contribution in [1.82, 2.24) is 20.8 Å². The Labute approximate surface area is 124 Å². The molecule has 114 valence electrons. The van der Waals surface area contributed by atoms with E-state index in [9.17, 15) is 4.79 Å². The zero-order chi connectivity index (χ0) is 15.1. The highest BCUT2D eigenvalue weighted by molar-refractivity contribution is 5.76. The lowest BCUT2D eigenvalue weighted by atomic mass is 10.2. The monoisotopic (exact) mass is 290 g/mol. The van der Waals surface area contributed by atoms with Crippen molar-refractivity contribution in [2.24, 2.45) is 0 Å². The number of amides is 1. The number of H-pyrrole nitrogens is 1. The highest BCUT2D eigenvalue weighted by Gasteiger charge is 2.10. The maximum absolute atomic E-state index is 11.5. The lowest BCUT2D eigenvalue weighted by Gasteiger charge is -2.05. The van der Waals surface area contributed by atoms with Crippen LogP contribution in [0.1, 0.15) is 31.1 Å². The molecule has 0 fully saturated rings. The zero-order valence-electron chi connectivity index (χ0n) is 12.5.